The monoisotopic (exact) mass is 210 g/mol. The van der Waals surface area contributed by atoms with Gasteiger partial charge in [-0.3, -0.25) is 0 Å². The number of rotatable bonds is 2. The maximum Gasteiger partial charge on any atom is 0.343 e. The number of ether oxygens (including phenoxy) is 2. The van der Waals surface area contributed by atoms with Crippen LogP contribution in [0.1, 0.15) is 20.7 Å². The minimum absolute atomic E-state index is 0.338. The summed E-state index contributed by atoms with van der Waals surface area (Å²) in [4.78, 5) is 22.4. The van der Waals surface area contributed by atoms with Crippen molar-refractivity contribution in [2.45, 2.75) is 0 Å². The Bertz CT molecular complexity index is 400. The van der Waals surface area contributed by atoms with Crippen molar-refractivity contribution in [2.24, 2.45) is 0 Å². The lowest BCUT2D eigenvalue weighted by Gasteiger charge is -2.02. The summed E-state index contributed by atoms with van der Waals surface area (Å²) in [6.45, 7) is 0. The van der Waals surface area contributed by atoms with Gasteiger partial charge in [-0.05, 0) is 12.1 Å². The molecule has 0 atom stereocenters. The first-order valence-electron chi connectivity index (χ1n) is 4.22. The van der Waals surface area contributed by atoms with Gasteiger partial charge in [-0.1, -0.05) is 0 Å². The SMILES string of the molecule is COC(=O)c1ccc(C(=O)OC)c([NH3+])c1. The van der Waals surface area contributed by atoms with Crippen LogP contribution in [0, 0.1) is 0 Å². The standard InChI is InChI=1S/C10H11NO4/c1-14-9(12)6-3-4-7(8(11)5-6)10(13)15-2/h3-5H,11H2,1-2H3/p+1. The molecule has 80 valence electrons. The van der Waals surface area contributed by atoms with E-state index in [1.54, 1.807) is 0 Å². The van der Waals surface area contributed by atoms with Crippen LogP contribution in [0.5, 0.6) is 0 Å². The second kappa shape index (κ2) is 4.56. The number of carbonyl (C=O) groups is 2. The van der Waals surface area contributed by atoms with E-state index in [0.29, 0.717) is 16.8 Å². The van der Waals surface area contributed by atoms with Crippen LogP contribution in [0.25, 0.3) is 0 Å². The van der Waals surface area contributed by atoms with Gasteiger partial charge in [0.05, 0.1) is 19.8 Å². The molecule has 0 aromatic heterocycles. The smallest absolute Gasteiger partial charge is 0.343 e. The van der Waals surface area contributed by atoms with Crippen LogP contribution in [-0.2, 0) is 9.47 Å². The fourth-order valence-electron chi connectivity index (χ4n) is 1.15. The van der Waals surface area contributed by atoms with Crippen molar-refractivity contribution in [3.63, 3.8) is 0 Å². The molecular weight excluding hydrogens is 198 g/mol. The van der Waals surface area contributed by atoms with Gasteiger partial charge in [0.2, 0.25) is 0 Å². The molecule has 5 nitrogen and oxygen atoms in total. The highest BCUT2D eigenvalue weighted by Crippen LogP contribution is 2.14. The number of methoxy groups -OCH3 is 2. The molecule has 1 aromatic carbocycles. The van der Waals surface area contributed by atoms with E-state index in [-0.39, 0.29) is 0 Å². The molecule has 0 radical (unpaired) electrons. The molecule has 0 aliphatic heterocycles. The van der Waals surface area contributed by atoms with Crippen LogP contribution in [0.2, 0.25) is 0 Å². The second-order valence-corrected chi connectivity index (χ2v) is 2.86. The number of quaternary nitrogens is 1. The summed E-state index contributed by atoms with van der Waals surface area (Å²) < 4.78 is 9.08. The van der Waals surface area contributed by atoms with Gasteiger partial charge in [0.25, 0.3) is 0 Å². The summed E-state index contributed by atoms with van der Waals surface area (Å²) in [6, 6.07) is 4.46. The van der Waals surface area contributed by atoms with Crippen molar-refractivity contribution in [2.75, 3.05) is 14.2 Å². The number of carbonyl (C=O) groups excluding carboxylic acids is 2. The van der Waals surface area contributed by atoms with Gasteiger partial charge in [-0.15, -0.1) is 0 Å². The normalized spacial score (nSPS) is 9.53. The highest BCUT2D eigenvalue weighted by molar-refractivity contribution is 5.97. The van der Waals surface area contributed by atoms with Crippen LogP contribution < -0.4 is 5.73 Å². The van der Waals surface area contributed by atoms with Crippen molar-refractivity contribution in [1.29, 1.82) is 0 Å². The van der Waals surface area contributed by atoms with Crippen molar-refractivity contribution >= 4 is 17.6 Å². The zero-order valence-electron chi connectivity index (χ0n) is 8.57. The maximum atomic E-state index is 11.2. The summed E-state index contributed by atoms with van der Waals surface area (Å²) in [5.74, 6) is -0.937. The Morgan fingerprint density at radius 3 is 2.20 bits per heavy atom. The van der Waals surface area contributed by atoms with E-state index in [1.807, 2.05) is 0 Å². The minimum Gasteiger partial charge on any atom is -0.465 e. The molecule has 0 saturated carbocycles. The van der Waals surface area contributed by atoms with E-state index in [1.165, 1.54) is 32.4 Å². The van der Waals surface area contributed by atoms with Crippen LogP contribution >= 0.6 is 0 Å². The quantitative estimate of drug-likeness (QED) is 0.704. The molecule has 0 heterocycles. The molecule has 5 heteroatoms. The molecule has 0 aliphatic rings. The van der Waals surface area contributed by atoms with E-state index >= 15 is 0 Å². The lowest BCUT2D eigenvalue weighted by molar-refractivity contribution is -0.255. The van der Waals surface area contributed by atoms with E-state index in [9.17, 15) is 9.59 Å². The van der Waals surface area contributed by atoms with Crippen molar-refractivity contribution in [3.05, 3.63) is 29.3 Å². The Morgan fingerprint density at radius 2 is 1.73 bits per heavy atom. The molecular formula is C10H12NO4+. The largest absolute Gasteiger partial charge is 0.465 e. The average Bonchev–Trinajstić information content (AvgIpc) is 2.26. The van der Waals surface area contributed by atoms with Crippen LogP contribution in [-0.4, -0.2) is 26.2 Å². The van der Waals surface area contributed by atoms with Crippen LogP contribution in [0.15, 0.2) is 18.2 Å². The Hall–Kier alpha value is -1.88. The van der Waals surface area contributed by atoms with Gasteiger partial charge in [0.1, 0.15) is 11.3 Å². The molecule has 1 rings (SSSR count). The molecule has 0 spiro atoms. The van der Waals surface area contributed by atoms with Crippen LogP contribution in [0.3, 0.4) is 0 Å². The molecule has 15 heavy (non-hydrogen) atoms. The first kappa shape index (κ1) is 11.2. The summed E-state index contributed by atoms with van der Waals surface area (Å²) >= 11 is 0. The van der Waals surface area contributed by atoms with Crippen LogP contribution in [0.4, 0.5) is 5.69 Å². The molecule has 0 saturated heterocycles. The van der Waals surface area contributed by atoms with Gasteiger partial charge in [-0.25, -0.2) is 9.59 Å². The zero-order valence-corrected chi connectivity index (χ0v) is 8.57. The minimum atomic E-state index is -0.476. The third-order valence-electron chi connectivity index (χ3n) is 1.93. The summed E-state index contributed by atoms with van der Waals surface area (Å²) in [7, 11) is 2.58. The molecule has 0 amide bonds. The first-order valence-corrected chi connectivity index (χ1v) is 4.22. The predicted octanol–water partition coefficient (Wildman–Crippen LogP) is 0.133. The van der Waals surface area contributed by atoms with Gasteiger partial charge in [0.15, 0.2) is 0 Å². The Morgan fingerprint density at radius 1 is 1.13 bits per heavy atom. The number of benzene rings is 1. The molecule has 0 fully saturated rings. The number of hydrogen-bond acceptors (Lipinski definition) is 4. The number of hydrogen-bond donors (Lipinski definition) is 1. The van der Waals surface area contributed by atoms with Crippen molar-refractivity contribution in [3.8, 4) is 0 Å². The highest BCUT2D eigenvalue weighted by Gasteiger charge is 2.15. The third-order valence-corrected chi connectivity index (χ3v) is 1.93. The Kier molecular flexibility index (Phi) is 3.41. The van der Waals surface area contributed by atoms with Gasteiger partial charge in [0, 0.05) is 6.07 Å². The molecule has 0 unspecified atom stereocenters. The molecule has 0 aliphatic carbocycles. The fourth-order valence-corrected chi connectivity index (χ4v) is 1.15. The van der Waals surface area contributed by atoms with Crippen molar-refractivity contribution in [1.82, 2.24) is 0 Å². The molecule has 3 N–H and O–H groups in total. The van der Waals surface area contributed by atoms with E-state index in [2.05, 4.69) is 15.2 Å². The summed E-state index contributed by atoms with van der Waals surface area (Å²) in [5.41, 5.74) is 4.79. The van der Waals surface area contributed by atoms with Crippen molar-refractivity contribution < 1.29 is 24.8 Å². The Balaban J connectivity index is 3.08. The third kappa shape index (κ3) is 2.32. The Labute approximate surface area is 86.8 Å². The predicted molar refractivity (Wildman–Crippen MR) is 51.7 cm³/mol. The molecule has 0 bridgehead atoms. The lowest BCUT2D eigenvalue weighted by atomic mass is 10.1. The zero-order chi connectivity index (χ0) is 11.4. The molecule has 1 aromatic rings. The lowest BCUT2D eigenvalue weighted by Crippen LogP contribution is -2.42. The second-order valence-electron chi connectivity index (χ2n) is 2.86. The van der Waals surface area contributed by atoms with E-state index in [0.717, 1.165) is 0 Å². The van der Waals surface area contributed by atoms with Gasteiger partial charge < -0.3 is 15.2 Å². The summed E-state index contributed by atoms with van der Waals surface area (Å²) in [6.07, 6.45) is 0. The fraction of sp³-hybridized carbons (Fsp3) is 0.200. The van der Waals surface area contributed by atoms with E-state index in [4.69, 9.17) is 0 Å². The van der Waals surface area contributed by atoms with E-state index < -0.39 is 11.9 Å². The summed E-state index contributed by atoms with van der Waals surface area (Å²) in [5, 5.41) is 0. The van der Waals surface area contributed by atoms with Gasteiger partial charge >= 0.3 is 11.9 Å². The highest BCUT2D eigenvalue weighted by atomic mass is 16.5. The maximum absolute atomic E-state index is 11.2. The average molecular weight is 210 g/mol. The number of esters is 2. The first-order chi connectivity index (χ1) is 7.10. The topological polar surface area (TPSA) is 80.2 Å². The van der Waals surface area contributed by atoms with Gasteiger partial charge in [-0.2, -0.15) is 0 Å².